The van der Waals surface area contributed by atoms with Gasteiger partial charge in [0.05, 0.1) is 30.4 Å². The largest absolute Gasteiger partial charge is 0.490 e. The Morgan fingerprint density at radius 1 is 1.19 bits per heavy atom. The van der Waals surface area contributed by atoms with Crippen molar-refractivity contribution in [3.8, 4) is 5.75 Å². The molecule has 0 saturated heterocycles. The third kappa shape index (κ3) is 10.5. The number of hydrogen-bond donors (Lipinski definition) is 2. The zero-order chi connectivity index (χ0) is 34.9. The highest BCUT2D eigenvalue weighted by Gasteiger charge is 2.34. The molecule has 2 aromatic rings. The number of nitrogens with one attached hydrogen (secondary N) is 1. The second kappa shape index (κ2) is 17.4. The van der Waals surface area contributed by atoms with E-state index in [1.54, 1.807) is 43.9 Å². The van der Waals surface area contributed by atoms with Crippen LogP contribution in [0.2, 0.25) is 0 Å². The summed E-state index contributed by atoms with van der Waals surface area (Å²) in [5, 5.41) is 16.9. The SMILES string of the molecule is Cc1noc(C)c1S(=O)(=O)N(C)C[C@@H]1OCCCC[C@H](C)Oc2ccc(NC(=O)CCCN(C)C)cc2C(=O)N([C@H](C)CO)C[C@@H]1C. The van der Waals surface area contributed by atoms with E-state index in [-0.39, 0.29) is 65.4 Å². The van der Waals surface area contributed by atoms with Crippen LogP contribution in [0, 0.1) is 19.8 Å². The molecule has 0 unspecified atom stereocenters. The monoisotopic (exact) mass is 679 g/mol. The molecule has 0 fully saturated rings. The highest BCUT2D eigenvalue weighted by molar-refractivity contribution is 7.89. The molecule has 0 aliphatic carbocycles. The van der Waals surface area contributed by atoms with Gasteiger partial charge in [0.2, 0.25) is 15.9 Å². The van der Waals surface area contributed by atoms with E-state index in [0.717, 1.165) is 19.4 Å². The van der Waals surface area contributed by atoms with Gasteiger partial charge in [-0.2, -0.15) is 4.31 Å². The molecule has 2 amide bonds. The van der Waals surface area contributed by atoms with E-state index in [0.29, 0.717) is 37.3 Å². The van der Waals surface area contributed by atoms with Gasteiger partial charge in [0.1, 0.15) is 16.3 Å². The first-order chi connectivity index (χ1) is 22.1. The minimum atomic E-state index is -3.94. The molecule has 1 aromatic heterocycles. The van der Waals surface area contributed by atoms with Crippen molar-refractivity contribution in [1.82, 2.24) is 19.3 Å². The number of hydrogen-bond acceptors (Lipinski definition) is 10. The summed E-state index contributed by atoms with van der Waals surface area (Å²) in [5.74, 6) is -0.259. The fraction of sp³-hybridized carbons (Fsp3) is 0.667. The maximum Gasteiger partial charge on any atom is 0.258 e. The van der Waals surface area contributed by atoms with Crippen molar-refractivity contribution >= 4 is 27.5 Å². The summed E-state index contributed by atoms with van der Waals surface area (Å²) in [6, 6.07) is 4.49. The molecular weight excluding hydrogens is 626 g/mol. The Bertz CT molecular complexity index is 1430. The summed E-state index contributed by atoms with van der Waals surface area (Å²) in [7, 11) is 1.46. The number of aryl methyl sites for hydroxylation is 2. The Morgan fingerprint density at radius 3 is 2.55 bits per heavy atom. The van der Waals surface area contributed by atoms with Gasteiger partial charge in [0.15, 0.2) is 5.76 Å². The number of amides is 2. The Kier molecular flexibility index (Phi) is 14.2. The number of aromatic nitrogens is 1. The molecule has 1 aromatic carbocycles. The standard InChI is InChI=1S/C33H53N5O8S/c1-22-19-38(23(2)21-39)33(41)28-18-27(34-31(40)13-11-16-36(6)7)14-15-29(28)45-24(3)12-9-10-17-44-30(22)20-37(8)47(42,43)32-25(4)35-46-26(32)5/h14-15,18,22-24,30,39H,9-13,16-17,19-21H2,1-8H3,(H,34,40)/t22-,23+,24-,30-/m0/s1. The van der Waals surface area contributed by atoms with E-state index >= 15 is 0 Å². The second-order valence-electron chi connectivity index (χ2n) is 12.9. The third-order valence-corrected chi connectivity index (χ3v) is 10.5. The van der Waals surface area contributed by atoms with Crippen molar-refractivity contribution in [3.63, 3.8) is 0 Å². The van der Waals surface area contributed by atoms with Gasteiger partial charge in [-0.3, -0.25) is 9.59 Å². The lowest BCUT2D eigenvalue weighted by molar-refractivity contribution is -0.116. The molecule has 14 heteroatoms. The first kappa shape index (κ1) is 38.4. The van der Waals surface area contributed by atoms with Crippen molar-refractivity contribution in [1.29, 1.82) is 0 Å². The van der Waals surface area contributed by atoms with Gasteiger partial charge >= 0.3 is 0 Å². The van der Waals surface area contributed by atoms with Crippen LogP contribution >= 0.6 is 0 Å². The predicted octanol–water partition coefficient (Wildman–Crippen LogP) is 3.69. The zero-order valence-electron chi connectivity index (χ0n) is 29.1. The van der Waals surface area contributed by atoms with Gasteiger partial charge < -0.3 is 34.2 Å². The Morgan fingerprint density at radius 2 is 1.91 bits per heavy atom. The lowest BCUT2D eigenvalue weighted by atomic mass is 10.0. The van der Waals surface area contributed by atoms with Crippen LogP contribution in [-0.4, -0.2) is 117 Å². The number of aliphatic hydroxyl groups excluding tert-OH is 1. The van der Waals surface area contributed by atoms with Crippen molar-refractivity contribution in [2.45, 2.75) is 89.9 Å². The number of benzene rings is 1. The summed E-state index contributed by atoms with van der Waals surface area (Å²) in [5.41, 5.74) is 1.02. The molecule has 47 heavy (non-hydrogen) atoms. The van der Waals surface area contributed by atoms with E-state index in [9.17, 15) is 23.1 Å². The van der Waals surface area contributed by atoms with E-state index in [1.165, 1.54) is 11.4 Å². The van der Waals surface area contributed by atoms with Gasteiger partial charge in [0, 0.05) is 44.8 Å². The number of nitrogens with zero attached hydrogens (tertiary/aromatic N) is 4. The van der Waals surface area contributed by atoms with E-state index in [1.807, 2.05) is 32.8 Å². The van der Waals surface area contributed by atoms with Crippen LogP contribution in [0.4, 0.5) is 5.69 Å². The number of carbonyl (C=O) groups is 2. The fourth-order valence-electron chi connectivity index (χ4n) is 5.59. The van der Waals surface area contributed by atoms with E-state index in [4.69, 9.17) is 14.0 Å². The molecule has 1 aliphatic heterocycles. The Balaban J connectivity index is 1.94. The molecular formula is C33H53N5O8S. The molecule has 264 valence electrons. The van der Waals surface area contributed by atoms with Crippen LogP contribution in [0.1, 0.15) is 74.7 Å². The molecule has 0 radical (unpaired) electrons. The number of anilines is 1. The average Bonchev–Trinajstić information content (AvgIpc) is 3.36. The lowest BCUT2D eigenvalue weighted by Crippen LogP contribution is -2.48. The first-order valence-corrected chi connectivity index (χ1v) is 17.8. The molecule has 0 saturated carbocycles. The molecule has 2 heterocycles. The van der Waals surface area contributed by atoms with Gasteiger partial charge in [-0.25, -0.2) is 8.42 Å². The number of fused-ring (bicyclic) bond motifs is 1. The normalized spacial score (nSPS) is 20.9. The summed E-state index contributed by atoms with van der Waals surface area (Å²) < 4.78 is 46.0. The predicted molar refractivity (Wildman–Crippen MR) is 179 cm³/mol. The van der Waals surface area contributed by atoms with Gasteiger partial charge in [-0.05, 0) is 92.2 Å². The number of ether oxygens (including phenoxy) is 2. The van der Waals surface area contributed by atoms with Gasteiger partial charge in [-0.1, -0.05) is 12.1 Å². The number of likely N-dealkylation sites (N-methyl/N-ethyl adjacent to an activating group) is 1. The van der Waals surface area contributed by atoms with Crippen LogP contribution in [0.5, 0.6) is 5.75 Å². The van der Waals surface area contributed by atoms with Crippen molar-refractivity contribution in [3.05, 3.63) is 35.2 Å². The number of sulfonamides is 1. The van der Waals surface area contributed by atoms with Crippen molar-refractivity contribution in [2.75, 3.05) is 59.3 Å². The third-order valence-electron chi connectivity index (χ3n) is 8.42. The number of rotatable bonds is 11. The van der Waals surface area contributed by atoms with Crippen LogP contribution in [0.25, 0.3) is 0 Å². The van der Waals surface area contributed by atoms with Crippen LogP contribution in [-0.2, 0) is 19.6 Å². The maximum absolute atomic E-state index is 14.3. The van der Waals surface area contributed by atoms with E-state index < -0.39 is 22.2 Å². The van der Waals surface area contributed by atoms with Crippen LogP contribution in [0.15, 0.2) is 27.6 Å². The Hall–Kier alpha value is -3.04. The summed E-state index contributed by atoms with van der Waals surface area (Å²) in [4.78, 5) is 30.6. The van der Waals surface area contributed by atoms with Gasteiger partial charge in [-0.15, -0.1) is 0 Å². The lowest BCUT2D eigenvalue weighted by Gasteiger charge is -2.35. The Labute approximate surface area is 279 Å². The summed E-state index contributed by atoms with van der Waals surface area (Å²) in [6.07, 6.45) is 2.50. The molecule has 0 bridgehead atoms. The zero-order valence-corrected chi connectivity index (χ0v) is 29.9. The number of aliphatic hydroxyl groups is 1. The summed E-state index contributed by atoms with van der Waals surface area (Å²) in [6.45, 7) is 9.82. The van der Waals surface area contributed by atoms with Crippen LogP contribution < -0.4 is 10.1 Å². The van der Waals surface area contributed by atoms with Crippen molar-refractivity contribution < 1.29 is 37.1 Å². The first-order valence-electron chi connectivity index (χ1n) is 16.3. The minimum Gasteiger partial charge on any atom is -0.490 e. The fourth-order valence-corrected chi connectivity index (χ4v) is 7.06. The molecule has 2 N–H and O–H groups in total. The topological polar surface area (TPSA) is 155 Å². The highest BCUT2D eigenvalue weighted by atomic mass is 32.2. The highest BCUT2D eigenvalue weighted by Crippen LogP contribution is 2.29. The quantitative estimate of drug-likeness (QED) is 0.359. The van der Waals surface area contributed by atoms with Crippen molar-refractivity contribution in [2.24, 2.45) is 5.92 Å². The second-order valence-corrected chi connectivity index (χ2v) is 14.9. The number of carbonyl (C=O) groups excluding carboxylic acids is 2. The molecule has 4 atom stereocenters. The van der Waals surface area contributed by atoms with Gasteiger partial charge in [0.25, 0.3) is 5.91 Å². The maximum atomic E-state index is 14.3. The molecule has 0 spiro atoms. The molecule has 3 rings (SSSR count). The van der Waals surface area contributed by atoms with E-state index in [2.05, 4.69) is 10.5 Å². The summed E-state index contributed by atoms with van der Waals surface area (Å²) >= 11 is 0. The minimum absolute atomic E-state index is 0.0310. The molecule has 1 aliphatic rings. The average molecular weight is 680 g/mol. The van der Waals surface area contributed by atoms with Crippen LogP contribution in [0.3, 0.4) is 0 Å². The smallest absolute Gasteiger partial charge is 0.258 e. The molecule has 13 nitrogen and oxygen atoms in total.